The van der Waals surface area contributed by atoms with Gasteiger partial charge in [0.1, 0.15) is 0 Å². The van der Waals surface area contributed by atoms with Crippen molar-refractivity contribution in [1.82, 2.24) is 15.5 Å². The lowest BCUT2D eigenvalue weighted by atomic mass is 9.80. The maximum absolute atomic E-state index is 5.51. The maximum Gasteiger partial charge on any atom is 0.231 e. The van der Waals surface area contributed by atoms with Crippen molar-refractivity contribution in [3.05, 3.63) is 11.7 Å². The molecule has 1 N–H and O–H groups in total. The Balaban J connectivity index is 1.61. The molecule has 1 aliphatic carbocycles. The molecule has 0 unspecified atom stereocenters. The second-order valence-electron chi connectivity index (χ2n) is 6.16. The summed E-state index contributed by atoms with van der Waals surface area (Å²) in [6.45, 7) is 4.41. The van der Waals surface area contributed by atoms with Crippen LogP contribution < -0.4 is 5.32 Å². The van der Waals surface area contributed by atoms with E-state index in [2.05, 4.69) is 17.4 Å². The van der Waals surface area contributed by atoms with Gasteiger partial charge in [-0.15, -0.1) is 0 Å². The molecule has 4 nitrogen and oxygen atoms in total. The zero-order chi connectivity index (χ0) is 13.1. The van der Waals surface area contributed by atoms with Gasteiger partial charge >= 0.3 is 0 Å². The first-order valence-corrected chi connectivity index (χ1v) is 7.91. The third-order valence-electron chi connectivity index (χ3n) is 4.89. The van der Waals surface area contributed by atoms with Gasteiger partial charge in [0.15, 0.2) is 5.82 Å². The number of hydrogen-bond acceptors (Lipinski definition) is 4. The Hall–Kier alpha value is -0.900. The van der Waals surface area contributed by atoms with Crippen LogP contribution in [0.15, 0.2) is 4.52 Å². The van der Waals surface area contributed by atoms with Gasteiger partial charge in [0.25, 0.3) is 0 Å². The fourth-order valence-corrected chi connectivity index (χ4v) is 3.47. The van der Waals surface area contributed by atoms with E-state index in [1.807, 2.05) is 0 Å². The minimum atomic E-state index is 0.432. The van der Waals surface area contributed by atoms with E-state index in [0.717, 1.165) is 30.7 Å². The fraction of sp³-hybridized carbons (Fsp3) is 0.867. The molecule has 1 saturated carbocycles. The summed E-state index contributed by atoms with van der Waals surface area (Å²) in [5, 5.41) is 7.66. The quantitative estimate of drug-likeness (QED) is 0.909. The minimum absolute atomic E-state index is 0.432. The molecular weight excluding hydrogens is 238 g/mol. The molecule has 0 bridgehead atoms. The van der Waals surface area contributed by atoms with Crippen LogP contribution in [0.2, 0.25) is 0 Å². The summed E-state index contributed by atoms with van der Waals surface area (Å²) < 4.78 is 5.51. The first-order chi connectivity index (χ1) is 9.36. The molecule has 2 aliphatic rings. The van der Waals surface area contributed by atoms with Crippen LogP contribution in [0.5, 0.6) is 0 Å². The first-order valence-electron chi connectivity index (χ1n) is 7.91. The molecule has 0 aromatic carbocycles. The van der Waals surface area contributed by atoms with E-state index in [4.69, 9.17) is 9.51 Å². The molecule has 1 aromatic rings. The van der Waals surface area contributed by atoms with Crippen molar-refractivity contribution in [3.8, 4) is 0 Å². The average Bonchev–Trinajstić information content (AvgIpc) is 2.98. The SMILES string of the molecule is CCC1CCC(c2noc([C@@H]3CCCNC3)n2)CC1. The molecule has 4 heteroatoms. The Bertz CT molecular complexity index is 390. The summed E-state index contributed by atoms with van der Waals surface area (Å²) in [5.41, 5.74) is 0. The van der Waals surface area contributed by atoms with Crippen molar-refractivity contribution >= 4 is 0 Å². The third-order valence-corrected chi connectivity index (χ3v) is 4.89. The summed E-state index contributed by atoms with van der Waals surface area (Å²) in [4.78, 5) is 4.69. The molecule has 0 spiro atoms. The van der Waals surface area contributed by atoms with Gasteiger partial charge in [-0.3, -0.25) is 0 Å². The molecule has 0 amide bonds. The molecule has 2 heterocycles. The topological polar surface area (TPSA) is 51.0 Å². The first kappa shape index (κ1) is 13.1. The smallest absolute Gasteiger partial charge is 0.231 e. The summed E-state index contributed by atoms with van der Waals surface area (Å²) in [6.07, 6.45) is 8.84. The van der Waals surface area contributed by atoms with Gasteiger partial charge in [-0.2, -0.15) is 4.98 Å². The van der Waals surface area contributed by atoms with Crippen LogP contribution in [0, 0.1) is 5.92 Å². The number of piperidine rings is 1. The van der Waals surface area contributed by atoms with Crippen molar-refractivity contribution in [3.63, 3.8) is 0 Å². The van der Waals surface area contributed by atoms with E-state index in [1.165, 1.54) is 44.9 Å². The molecule has 1 aliphatic heterocycles. The Labute approximate surface area is 115 Å². The molecule has 106 valence electrons. The van der Waals surface area contributed by atoms with Crippen molar-refractivity contribution in [2.45, 2.75) is 63.7 Å². The van der Waals surface area contributed by atoms with Gasteiger partial charge < -0.3 is 9.84 Å². The number of rotatable bonds is 3. The van der Waals surface area contributed by atoms with Crippen LogP contribution >= 0.6 is 0 Å². The summed E-state index contributed by atoms with van der Waals surface area (Å²) in [5.74, 6) is 3.72. The van der Waals surface area contributed by atoms with Gasteiger partial charge in [-0.05, 0) is 51.0 Å². The van der Waals surface area contributed by atoms with E-state index in [9.17, 15) is 0 Å². The lowest BCUT2D eigenvalue weighted by Crippen LogP contribution is -2.28. The molecule has 2 fully saturated rings. The third kappa shape index (κ3) is 2.99. The lowest BCUT2D eigenvalue weighted by Gasteiger charge is -2.25. The molecule has 1 saturated heterocycles. The average molecular weight is 263 g/mol. The Morgan fingerprint density at radius 1 is 1.16 bits per heavy atom. The highest BCUT2D eigenvalue weighted by Crippen LogP contribution is 2.36. The largest absolute Gasteiger partial charge is 0.339 e. The van der Waals surface area contributed by atoms with Crippen molar-refractivity contribution in [2.75, 3.05) is 13.1 Å². The normalized spacial score (nSPS) is 32.4. The highest BCUT2D eigenvalue weighted by molar-refractivity contribution is 5.02. The van der Waals surface area contributed by atoms with Gasteiger partial charge in [0, 0.05) is 12.5 Å². The molecule has 0 radical (unpaired) electrons. The van der Waals surface area contributed by atoms with Gasteiger partial charge in [0.2, 0.25) is 5.89 Å². The zero-order valence-electron chi connectivity index (χ0n) is 11.9. The number of nitrogens with one attached hydrogen (secondary N) is 1. The second kappa shape index (κ2) is 6.04. The number of aromatic nitrogens is 2. The summed E-state index contributed by atoms with van der Waals surface area (Å²) in [6, 6.07) is 0. The maximum atomic E-state index is 5.51. The highest BCUT2D eigenvalue weighted by Gasteiger charge is 2.27. The van der Waals surface area contributed by atoms with Crippen LogP contribution in [0.3, 0.4) is 0 Å². The lowest BCUT2D eigenvalue weighted by molar-refractivity contribution is 0.296. The van der Waals surface area contributed by atoms with Gasteiger partial charge in [-0.25, -0.2) is 0 Å². The van der Waals surface area contributed by atoms with E-state index in [1.54, 1.807) is 0 Å². The van der Waals surface area contributed by atoms with E-state index in [-0.39, 0.29) is 0 Å². The second-order valence-corrected chi connectivity index (χ2v) is 6.16. The van der Waals surface area contributed by atoms with E-state index >= 15 is 0 Å². The molecular formula is C15H25N3O. The van der Waals surface area contributed by atoms with Crippen molar-refractivity contribution < 1.29 is 4.52 Å². The number of nitrogens with zero attached hydrogens (tertiary/aromatic N) is 2. The molecule has 1 aromatic heterocycles. The Morgan fingerprint density at radius 3 is 2.68 bits per heavy atom. The number of hydrogen-bond donors (Lipinski definition) is 1. The van der Waals surface area contributed by atoms with Crippen molar-refractivity contribution in [1.29, 1.82) is 0 Å². The van der Waals surface area contributed by atoms with Gasteiger partial charge in [-0.1, -0.05) is 18.5 Å². The van der Waals surface area contributed by atoms with E-state index < -0.39 is 0 Å². The van der Waals surface area contributed by atoms with Gasteiger partial charge in [0.05, 0.1) is 5.92 Å². The minimum Gasteiger partial charge on any atom is -0.339 e. The molecule has 1 atom stereocenters. The van der Waals surface area contributed by atoms with E-state index in [0.29, 0.717) is 11.8 Å². The van der Waals surface area contributed by atoms with Crippen LogP contribution in [0.4, 0.5) is 0 Å². The van der Waals surface area contributed by atoms with Crippen molar-refractivity contribution in [2.24, 2.45) is 5.92 Å². The predicted octanol–water partition coefficient (Wildman–Crippen LogP) is 3.22. The van der Waals surface area contributed by atoms with Crippen LogP contribution in [-0.4, -0.2) is 23.2 Å². The Kier molecular flexibility index (Phi) is 4.16. The summed E-state index contributed by atoms with van der Waals surface area (Å²) >= 11 is 0. The highest BCUT2D eigenvalue weighted by atomic mass is 16.5. The standard InChI is InChI=1S/C15H25N3O/c1-2-11-5-7-12(8-6-11)14-17-15(19-18-14)13-4-3-9-16-10-13/h11-13,16H,2-10H2,1H3/t11?,12?,13-/m1/s1. The molecule has 3 rings (SSSR count). The molecule has 19 heavy (non-hydrogen) atoms. The predicted molar refractivity (Wildman–Crippen MR) is 74.1 cm³/mol. The Morgan fingerprint density at radius 2 is 2.00 bits per heavy atom. The van der Waals surface area contributed by atoms with Crippen LogP contribution in [0.25, 0.3) is 0 Å². The monoisotopic (exact) mass is 263 g/mol. The van der Waals surface area contributed by atoms with Crippen LogP contribution in [-0.2, 0) is 0 Å². The van der Waals surface area contributed by atoms with Crippen LogP contribution in [0.1, 0.15) is 75.4 Å². The summed E-state index contributed by atoms with van der Waals surface area (Å²) in [7, 11) is 0. The zero-order valence-corrected chi connectivity index (χ0v) is 11.9. The fourth-order valence-electron chi connectivity index (χ4n) is 3.47.